The molecule has 0 aliphatic rings. The number of amides is 1. The number of aryl methyl sites for hydroxylation is 1. The van der Waals surface area contributed by atoms with Crippen LogP contribution in [-0.2, 0) is 11.3 Å². The molecule has 0 saturated carbocycles. The van der Waals surface area contributed by atoms with Crippen LogP contribution in [0.15, 0.2) is 53.0 Å². The minimum absolute atomic E-state index is 0.0327. The van der Waals surface area contributed by atoms with E-state index in [1.807, 2.05) is 55.5 Å². The van der Waals surface area contributed by atoms with Crippen molar-refractivity contribution in [3.63, 3.8) is 0 Å². The lowest BCUT2D eigenvalue weighted by Crippen LogP contribution is -2.31. The van der Waals surface area contributed by atoms with Crippen molar-refractivity contribution in [2.45, 2.75) is 13.5 Å². The second-order valence-electron chi connectivity index (χ2n) is 4.95. The molecule has 0 spiro atoms. The summed E-state index contributed by atoms with van der Waals surface area (Å²) in [6.07, 6.45) is 0. The molecule has 21 heavy (non-hydrogen) atoms. The first kappa shape index (κ1) is 15.6. The maximum Gasteiger partial charge on any atom is 0.260 e. The lowest BCUT2D eigenvalue weighted by atomic mass is 10.1. The van der Waals surface area contributed by atoms with Gasteiger partial charge in [0.05, 0.1) is 4.47 Å². The third-order valence-electron chi connectivity index (χ3n) is 3.15. The van der Waals surface area contributed by atoms with Gasteiger partial charge >= 0.3 is 0 Å². The van der Waals surface area contributed by atoms with Crippen LogP contribution >= 0.6 is 15.9 Å². The molecule has 0 N–H and O–H groups in total. The molecule has 0 aliphatic heterocycles. The molecule has 0 radical (unpaired) electrons. The summed E-state index contributed by atoms with van der Waals surface area (Å²) in [7, 11) is 1.78. The molecule has 0 heterocycles. The first-order chi connectivity index (χ1) is 10.1. The quantitative estimate of drug-likeness (QED) is 0.823. The van der Waals surface area contributed by atoms with Crippen molar-refractivity contribution >= 4 is 21.8 Å². The molecule has 0 aliphatic carbocycles. The Morgan fingerprint density at radius 1 is 1.14 bits per heavy atom. The molecule has 2 rings (SSSR count). The summed E-state index contributed by atoms with van der Waals surface area (Å²) >= 11 is 3.39. The van der Waals surface area contributed by atoms with Crippen LogP contribution in [0.4, 0.5) is 0 Å². The highest BCUT2D eigenvalue weighted by atomic mass is 79.9. The fourth-order valence-corrected chi connectivity index (χ4v) is 2.27. The number of halogens is 1. The fraction of sp³-hybridized carbons (Fsp3) is 0.235. The zero-order valence-electron chi connectivity index (χ0n) is 12.2. The van der Waals surface area contributed by atoms with Gasteiger partial charge in [0.25, 0.3) is 5.91 Å². The van der Waals surface area contributed by atoms with E-state index in [1.54, 1.807) is 11.9 Å². The van der Waals surface area contributed by atoms with Gasteiger partial charge in [-0.05, 0) is 40.5 Å². The molecule has 0 saturated heterocycles. The second-order valence-corrected chi connectivity index (χ2v) is 5.81. The van der Waals surface area contributed by atoms with E-state index in [9.17, 15) is 4.79 Å². The van der Waals surface area contributed by atoms with Crippen LogP contribution in [-0.4, -0.2) is 24.5 Å². The molecule has 2 aromatic carbocycles. The summed E-state index contributed by atoms with van der Waals surface area (Å²) in [5.41, 5.74) is 2.32. The minimum Gasteiger partial charge on any atom is -0.483 e. The van der Waals surface area contributed by atoms with Crippen LogP contribution in [0.2, 0.25) is 0 Å². The Hall–Kier alpha value is -1.81. The molecule has 4 heteroatoms. The topological polar surface area (TPSA) is 29.5 Å². The van der Waals surface area contributed by atoms with Crippen molar-refractivity contribution < 1.29 is 9.53 Å². The van der Waals surface area contributed by atoms with Crippen molar-refractivity contribution in [1.82, 2.24) is 4.90 Å². The zero-order valence-corrected chi connectivity index (χ0v) is 13.8. The first-order valence-electron chi connectivity index (χ1n) is 6.73. The van der Waals surface area contributed by atoms with Crippen molar-refractivity contribution in [1.29, 1.82) is 0 Å². The molecule has 0 bridgehead atoms. The van der Waals surface area contributed by atoms with E-state index >= 15 is 0 Å². The zero-order chi connectivity index (χ0) is 15.2. The molecule has 0 atom stereocenters. The van der Waals surface area contributed by atoms with Gasteiger partial charge in [0, 0.05) is 13.6 Å². The molecular formula is C17H18BrNO2. The Balaban J connectivity index is 1.88. The number of carbonyl (C=O) groups excluding carboxylic acids is 1. The van der Waals surface area contributed by atoms with Crippen LogP contribution in [0.3, 0.4) is 0 Å². The highest BCUT2D eigenvalue weighted by Crippen LogP contribution is 2.23. The van der Waals surface area contributed by atoms with Crippen molar-refractivity contribution in [2.24, 2.45) is 0 Å². The third-order valence-corrected chi connectivity index (χ3v) is 3.81. The average molecular weight is 348 g/mol. The smallest absolute Gasteiger partial charge is 0.260 e. The van der Waals surface area contributed by atoms with Crippen molar-refractivity contribution in [2.75, 3.05) is 13.7 Å². The van der Waals surface area contributed by atoms with E-state index in [0.717, 1.165) is 10.0 Å². The molecule has 0 unspecified atom stereocenters. The highest BCUT2D eigenvalue weighted by Gasteiger charge is 2.11. The average Bonchev–Trinajstić information content (AvgIpc) is 2.48. The third kappa shape index (κ3) is 4.60. The van der Waals surface area contributed by atoms with Gasteiger partial charge in [-0.25, -0.2) is 0 Å². The van der Waals surface area contributed by atoms with Crippen LogP contribution in [0.1, 0.15) is 11.1 Å². The molecular weight excluding hydrogens is 330 g/mol. The van der Waals surface area contributed by atoms with Gasteiger partial charge in [-0.3, -0.25) is 4.79 Å². The Kier molecular flexibility index (Phi) is 5.39. The van der Waals surface area contributed by atoms with E-state index in [4.69, 9.17) is 4.74 Å². The summed E-state index contributed by atoms with van der Waals surface area (Å²) in [5.74, 6) is 0.626. The summed E-state index contributed by atoms with van der Waals surface area (Å²) in [5, 5.41) is 0. The van der Waals surface area contributed by atoms with Gasteiger partial charge < -0.3 is 9.64 Å². The molecule has 110 valence electrons. The number of ether oxygens (including phenoxy) is 1. The second kappa shape index (κ2) is 7.27. The van der Waals surface area contributed by atoms with Gasteiger partial charge in [0.1, 0.15) is 5.75 Å². The Morgan fingerprint density at radius 3 is 2.48 bits per heavy atom. The van der Waals surface area contributed by atoms with E-state index in [0.29, 0.717) is 12.3 Å². The monoisotopic (exact) mass is 347 g/mol. The number of carbonyl (C=O) groups is 1. The molecule has 0 aromatic heterocycles. The van der Waals surface area contributed by atoms with Crippen LogP contribution in [0.5, 0.6) is 5.75 Å². The molecule has 2 aromatic rings. The maximum absolute atomic E-state index is 12.1. The highest BCUT2D eigenvalue weighted by molar-refractivity contribution is 9.10. The van der Waals surface area contributed by atoms with E-state index in [1.165, 1.54) is 5.56 Å². The lowest BCUT2D eigenvalue weighted by Gasteiger charge is -2.18. The number of hydrogen-bond acceptors (Lipinski definition) is 2. The number of rotatable bonds is 5. The number of benzene rings is 2. The van der Waals surface area contributed by atoms with Gasteiger partial charge in [-0.1, -0.05) is 42.0 Å². The van der Waals surface area contributed by atoms with Gasteiger partial charge in [-0.2, -0.15) is 0 Å². The van der Waals surface area contributed by atoms with Gasteiger partial charge in [0.15, 0.2) is 6.61 Å². The lowest BCUT2D eigenvalue weighted by molar-refractivity contribution is -0.132. The predicted octanol–water partition coefficient (Wildman–Crippen LogP) is 3.79. The van der Waals surface area contributed by atoms with Gasteiger partial charge in [-0.15, -0.1) is 0 Å². The van der Waals surface area contributed by atoms with Crippen LogP contribution in [0.25, 0.3) is 0 Å². The van der Waals surface area contributed by atoms with Gasteiger partial charge in [0.2, 0.25) is 0 Å². The Bertz CT molecular complexity index is 610. The largest absolute Gasteiger partial charge is 0.483 e. The normalized spacial score (nSPS) is 10.2. The van der Waals surface area contributed by atoms with Crippen LogP contribution in [0, 0.1) is 6.92 Å². The number of hydrogen-bond donors (Lipinski definition) is 0. The van der Waals surface area contributed by atoms with E-state index in [2.05, 4.69) is 15.9 Å². The standard InChI is InChI=1S/C17H18BrNO2/c1-13-7-9-14(10-8-13)11-19(2)17(20)12-21-16-6-4-3-5-15(16)18/h3-10H,11-12H2,1-2H3. The Labute approximate surface area is 133 Å². The summed E-state index contributed by atoms with van der Waals surface area (Å²) in [6, 6.07) is 15.7. The van der Waals surface area contributed by atoms with E-state index < -0.39 is 0 Å². The van der Waals surface area contributed by atoms with Crippen molar-refractivity contribution in [3.8, 4) is 5.75 Å². The number of para-hydroxylation sites is 1. The number of likely N-dealkylation sites (N-methyl/N-ethyl adjacent to an activating group) is 1. The minimum atomic E-state index is -0.0497. The maximum atomic E-state index is 12.1. The fourth-order valence-electron chi connectivity index (χ4n) is 1.87. The van der Waals surface area contributed by atoms with E-state index in [-0.39, 0.29) is 12.5 Å². The molecule has 3 nitrogen and oxygen atoms in total. The summed E-state index contributed by atoms with van der Waals surface area (Å²) in [4.78, 5) is 13.8. The summed E-state index contributed by atoms with van der Waals surface area (Å²) in [6.45, 7) is 2.66. The SMILES string of the molecule is Cc1ccc(CN(C)C(=O)COc2ccccc2Br)cc1. The predicted molar refractivity (Wildman–Crippen MR) is 87.3 cm³/mol. The first-order valence-corrected chi connectivity index (χ1v) is 7.52. The summed E-state index contributed by atoms with van der Waals surface area (Å²) < 4.78 is 6.38. The van der Waals surface area contributed by atoms with Crippen molar-refractivity contribution in [3.05, 3.63) is 64.1 Å². The Morgan fingerprint density at radius 2 is 1.81 bits per heavy atom. The number of nitrogens with zero attached hydrogens (tertiary/aromatic N) is 1. The molecule has 1 amide bonds. The van der Waals surface area contributed by atoms with Crippen LogP contribution < -0.4 is 4.74 Å². The molecule has 0 fully saturated rings.